The van der Waals surface area contributed by atoms with Crippen molar-refractivity contribution in [3.63, 3.8) is 0 Å². The number of nitrogens with zero attached hydrogens (tertiary/aromatic N) is 4. The Morgan fingerprint density at radius 1 is 1.31 bits per heavy atom. The molecule has 3 rings (SSSR count). The average Bonchev–Trinajstić information content (AvgIpc) is 3.03. The van der Waals surface area contributed by atoms with Gasteiger partial charge in [-0.05, 0) is 32.0 Å². The number of hydrogen-bond donors (Lipinski definition) is 1. The normalized spacial score (nSPS) is 11.2. The maximum Gasteiger partial charge on any atom is 0.273 e. The largest absolute Gasteiger partial charge is 0.341 e. The van der Waals surface area contributed by atoms with E-state index in [1.165, 1.54) is 0 Å². The first kappa shape index (κ1) is 18.6. The van der Waals surface area contributed by atoms with E-state index in [1.54, 1.807) is 34.7 Å². The molecule has 1 amide bonds. The standard InChI is InChI=1S/C18H19Cl2N5O/c1-4-24(3)17(26)15-9-25-16(12-6-5-11(19)7-14(12)20)13(8-21)10(2)22-18(25)23-15/h5-7,9H,4,8,21H2,1-3H3. The summed E-state index contributed by atoms with van der Waals surface area (Å²) in [5, 5.41) is 1.03. The lowest BCUT2D eigenvalue weighted by Gasteiger charge is -2.14. The topological polar surface area (TPSA) is 76.5 Å². The fraction of sp³-hybridized carbons (Fsp3) is 0.278. The molecule has 0 aliphatic rings. The van der Waals surface area contributed by atoms with E-state index in [-0.39, 0.29) is 12.5 Å². The Bertz CT molecular complexity index is 999. The van der Waals surface area contributed by atoms with Crippen LogP contribution in [0, 0.1) is 6.92 Å². The van der Waals surface area contributed by atoms with Gasteiger partial charge in [0, 0.05) is 48.2 Å². The minimum atomic E-state index is -0.168. The first-order valence-electron chi connectivity index (χ1n) is 8.16. The second-order valence-electron chi connectivity index (χ2n) is 5.97. The van der Waals surface area contributed by atoms with Crippen LogP contribution in [0.2, 0.25) is 10.0 Å². The highest BCUT2D eigenvalue weighted by atomic mass is 35.5. The Balaban J connectivity index is 2.32. The highest BCUT2D eigenvalue weighted by Crippen LogP contribution is 2.34. The van der Waals surface area contributed by atoms with Gasteiger partial charge in [-0.2, -0.15) is 0 Å². The van der Waals surface area contributed by atoms with Crippen molar-refractivity contribution in [2.75, 3.05) is 13.6 Å². The number of aromatic nitrogens is 3. The van der Waals surface area contributed by atoms with Crippen LogP contribution in [-0.4, -0.2) is 38.8 Å². The van der Waals surface area contributed by atoms with E-state index in [4.69, 9.17) is 28.9 Å². The summed E-state index contributed by atoms with van der Waals surface area (Å²) >= 11 is 12.5. The molecule has 8 heteroatoms. The molecule has 6 nitrogen and oxygen atoms in total. The van der Waals surface area contributed by atoms with Crippen molar-refractivity contribution in [2.24, 2.45) is 5.73 Å². The number of nitrogens with two attached hydrogens (primary N) is 1. The van der Waals surface area contributed by atoms with E-state index < -0.39 is 0 Å². The van der Waals surface area contributed by atoms with Crippen LogP contribution >= 0.6 is 23.2 Å². The maximum atomic E-state index is 12.5. The molecule has 2 aromatic heterocycles. The molecule has 0 radical (unpaired) electrons. The SMILES string of the molecule is CCN(C)C(=O)c1cn2c(-c3ccc(Cl)cc3Cl)c(CN)c(C)nc2n1. The molecule has 0 saturated heterocycles. The predicted octanol–water partition coefficient (Wildman–Crippen LogP) is 3.56. The molecular formula is C18H19Cl2N5O. The molecule has 2 N–H and O–H groups in total. The second-order valence-corrected chi connectivity index (χ2v) is 6.81. The van der Waals surface area contributed by atoms with Gasteiger partial charge in [-0.25, -0.2) is 9.97 Å². The maximum absolute atomic E-state index is 12.5. The van der Waals surface area contributed by atoms with Crippen LogP contribution in [0.5, 0.6) is 0 Å². The Hall–Kier alpha value is -2.15. The van der Waals surface area contributed by atoms with Crippen LogP contribution in [0.15, 0.2) is 24.4 Å². The molecule has 0 fully saturated rings. The fourth-order valence-corrected chi connectivity index (χ4v) is 3.31. The molecule has 0 unspecified atom stereocenters. The van der Waals surface area contributed by atoms with Crippen molar-refractivity contribution in [3.05, 3.63) is 51.4 Å². The molecule has 2 heterocycles. The minimum Gasteiger partial charge on any atom is -0.341 e. The molecule has 0 bridgehead atoms. The van der Waals surface area contributed by atoms with Crippen LogP contribution in [0.25, 0.3) is 17.0 Å². The van der Waals surface area contributed by atoms with Crippen molar-refractivity contribution >= 4 is 34.9 Å². The molecule has 0 aliphatic heterocycles. The second kappa shape index (κ2) is 7.23. The van der Waals surface area contributed by atoms with Crippen molar-refractivity contribution in [2.45, 2.75) is 20.4 Å². The Labute approximate surface area is 161 Å². The number of imidazole rings is 1. The highest BCUT2D eigenvalue weighted by Gasteiger charge is 2.21. The monoisotopic (exact) mass is 391 g/mol. The van der Waals surface area contributed by atoms with Crippen molar-refractivity contribution in [1.29, 1.82) is 0 Å². The van der Waals surface area contributed by atoms with Crippen LogP contribution in [0.3, 0.4) is 0 Å². The van der Waals surface area contributed by atoms with E-state index in [0.717, 1.165) is 22.5 Å². The Morgan fingerprint density at radius 2 is 2.04 bits per heavy atom. The van der Waals surface area contributed by atoms with Crippen LogP contribution in [0.4, 0.5) is 0 Å². The lowest BCUT2D eigenvalue weighted by molar-refractivity contribution is 0.0797. The molecule has 26 heavy (non-hydrogen) atoms. The summed E-state index contributed by atoms with van der Waals surface area (Å²) in [6.07, 6.45) is 1.68. The smallest absolute Gasteiger partial charge is 0.273 e. The zero-order valence-electron chi connectivity index (χ0n) is 14.8. The first-order chi connectivity index (χ1) is 12.4. The van der Waals surface area contributed by atoms with E-state index in [0.29, 0.717) is 28.1 Å². The number of hydrogen-bond acceptors (Lipinski definition) is 4. The summed E-state index contributed by atoms with van der Waals surface area (Å²) < 4.78 is 1.76. The third-order valence-electron chi connectivity index (χ3n) is 4.35. The number of carbonyl (C=O) groups is 1. The van der Waals surface area contributed by atoms with Gasteiger partial charge in [0.2, 0.25) is 5.78 Å². The van der Waals surface area contributed by atoms with Crippen LogP contribution in [-0.2, 0) is 6.54 Å². The highest BCUT2D eigenvalue weighted by molar-refractivity contribution is 6.36. The molecule has 136 valence electrons. The summed E-state index contributed by atoms with van der Waals surface area (Å²) in [7, 11) is 1.73. The molecule has 0 saturated carbocycles. The molecule has 0 spiro atoms. The number of halogens is 2. The number of carbonyl (C=O) groups excluding carboxylic acids is 1. The van der Waals surface area contributed by atoms with Gasteiger partial charge < -0.3 is 10.6 Å². The average molecular weight is 392 g/mol. The van der Waals surface area contributed by atoms with E-state index in [9.17, 15) is 4.79 Å². The lowest BCUT2D eigenvalue weighted by Crippen LogP contribution is -2.26. The van der Waals surface area contributed by atoms with Gasteiger partial charge in [0.05, 0.1) is 10.7 Å². The summed E-state index contributed by atoms with van der Waals surface area (Å²) in [4.78, 5) is 23.0. The lowest BCUT2D eigenvalue weighted by atomic mass is 10.0. The molecule has 0 aliphatic carbocycles. The predicted molar refractivity (Wildman–Crippen MR) is 104 cm³/mol. The minimum absolute atomic E-state index is 0.168. The fourth-order valence-electron chi connectivity index (χ4n) is 2.81. The molecule has 1 aromatic carbocycles. The summed E-state index contributed by atoms with van der Waals surface area (Å²) in [6, 6.07) is 5.27. The number of amides is 1. The quantitative estimate of drug-likeness (QED) is 0.737. The number of benzene rings is 1. The number of fused-ring (bicyclic) bond motifs is 1. The van der Waals surface area contributed by atoms with Crippen molar-refractivity contribution in [1.82, 2.24) is 19.3 Å². The summed E-state index contributed by atoms with van der Waals surface area (Å²) in [5.41, 5.74) is 9.40. The van der Waals surface area contributed by atoms with Crippen LogP contribution < -0.4 is 5.73 Å². The Kier molecular flexibility index (Phi) is 5.18. The van der Waals surface area contributed by atoms with Gasteiger partial charge in [-0.1, -0.05) is 23.2 Å². The Morgan fingerprint density at radius 3 is 2.65 bits per heavy atom. The van der Waals surface area contributed by atoms with E-state index >= 15 is 0 Å². The van der Waals surface area contributed by atoms with Crippen LogP contribution in [0.1, 0.15) is 28.7 Å². The number of aryl methyl sites for hydroxylation is 1. The summed E-state index contributed by atoms with van der Waals surface area (Å²) in [6.45, 7) is 4.63. The zero-order chi connectivity index (χ0) is 19.0. The number of rotatable bonds is 4. The summed E-state index contributed by atoms with van der Waals surface area (Å²) in [5.74, 6) is 0.256. The van der Waals surface area contributed by atoms with E-state index in [2.05, 4.69) is 9.97 Å². The van der Waals surface area contributed by atoms with Crippen molar-refractivity contribution in [3.8, 4) is 11.3 Å². The molecular weight excluding hydrogens is 373 g/mol. The molecule has 3 aromatic rings. The van der Waals surface area contributed by atoms with Crippen molar-refractivity contribution < 1.29 is 4.79 Å². The van der Waals surface area contributed by atoms with Gasteiger partial charge in [0.1, 0.15) is 5.69 Å². The molecule has 0 atom stereocenters. The zero-order valence-corrected chi connectivity index (χ0v) is 16.3. The third-order valence-corrected chi connectivity index (χ3v) is 4.90. The van der Waals surface area contributed by atoms with Gasteiger partial charge in [0.25, 0.3) is 5.91 Å². The van der Waals surface area contributed by atoms with Gasteiger partial charge >= 0.3 is 0 Å². The van der Waals surface area contributed by atoms with Gasteiger partial charge in [-0.15, -0.1) is 0 Å². The van der Waals surface area contributed by atoms with Gasteiger partial charge in [-0.3, -0.25) is 9.20 Å². The van der Waals surface area contributed by atoms with Gasteiger partial charge in [0.15, 0.2) is 0 Å². The first-order valence-corrected chi connectivity index (χ1v) is 8.92. The third kappa shape index (κ3) is 3.16. The van der Waals surface area contributed by atoms with E-state index in [1.807, 2.05) is 19.9 Å².